The Morgan fingerprint density at radius 2 is 1.82 bits per heavy atom. The number of rotatable bonds is 6. The van der Waals surface area contributed by atoms with Gasteiger partial charge in [0.15, 0.2) is 0 Å². The van der Waals surface area contributed by atoms with Gasteiger partial charge in [0, 0.05) is 6.42 Å². The van der Waals surface area contributed by atoms with Crippen LogP contribution < -0.4 is 5.32 Å². The lowest BCUT2D eigenvalue weighted by Crippen LogP contribution is -2.10. The zero-order chi connectivity index (χ0) is 14.1. The van der Waals surface area contributed by atoms with E-state index >= 15 is 0 Å². The number of allylic oxidation sites excluding steroid dienone is 1. The van der Waals surface area contributed by atoms with E-state index in [9.17, 15) is 9.59 Å². The maximum atomic E-state index is 10.6. The van der Waals surface area contributed by atoms with Crippen molar-refractivity contribution in [1.82, 2.24) is 5.32 Å². The molecule has 0 saturated heterocycles. The van der Waals surface area contributed by atoms with Crippen molar-refractivity contribution >= 4 is 12.3 Å². The first kappa shape index (κ1) is 21.2. The Balaban J connectivity index is -0.000000337. The summed E-state index contributed by atoms with van der Waals surface area (Å²) in [5.41, 5.74) is 0. The van der Waals surface area contributed by atoms with Gasteiger partial charge in [-0.05, 0) is 40.4 Å². The Morgan fingerprint density at radius 3 is 2.12 bits per heavy atom. The van der Waals surface area contributed by atoms with E-state index in [1.54, 1.807) is 12.2 Å². The second kappa shape index (κ2) is 20.3. The molecule has 0 aliphatic carbocycles. The maximum absolute atomic E-state index is 10.6. The second-order valence-corrected chi connectivity index (χ2v) is 3.04. The van der Waals surface area contributed by atoms with Gasteiger partial charge in [-0.15, -0.1) is 0 Å². The molecule has 0 spiro atoms. The number of ketones is 1. The maximum Gasteiger partial charge on any atom is 0.293 e. The van der Waals surface area contributed by atoms with Crippen LogP contribution in [0.4, 0.5) is 0 Å². The van der Waals surface area contributed by atoms with E-state index in [-0.39, 0.29) is 11.9 Å². The van der Waals surface area contributed by atoms with E-state index in [2.05, 4.69) is 5.32 Å². The predicted octanol–water partition coefficient (Wildman–Crippen LogP) is 2.34. The molecule has 0 aliphatic heterocycles. The topological polar surface area (TPSA) is 55.4 Å². The molecular weight excluding hydrogens is 218 g/mol. The van der Waals surface area contributed by atoms with Gasteiger partial charge >= 0.3 is 0 Å². The largest absolute Gasteiger partial charge is 0.460 e. The minimum atomic E-state index is -0.253. The zero-order valence-corrected chi connectivity index (χ0v) is 11.9. The number of carbonyl (C=O) groups excluding carboxylic acids is 2. The van der Waals surface area contributed by atoms with E-state index in [0.717, 1.165) is 0 Å². The number of hydrogen-bond acceptors (Lipinski definition) is 4. The van der Waals surface area contributed by atoms with Gasteiger partial charge in [-0.25, -0.2) is 0 Å². The quantitative estimate of drug-likeness (QED) is 0.576. The molecule has 0 fully saturated rings. The summed E-state index contributed by atoms with van der Waals surface area (Å²) in [5.74, 6) is 0.110. The summed E-state index contributed by atoms with van der Waals surface area (Å²) in [6, 6.07) is 0. The predicted molar refractivity (Wildman–Crippen MR) is 72.0 cm³/mol. The van der Waals surface area contributed by atoms with Gasteiger partial charge in [0.05, 0.1) is 0 Å². The third-order valence-corrected chi connectivity index (χ3v) is 1.42. The van der Waals surface area contributed by atoms with Crippen LogP contribution in [0.25, 0.3) is 0 Å². The molecule has 0 rings (SSSR count). The normalized spacial score (nSPS) is 10.5. The molecule has 0 aromatic carbocycles. The average Bonchev–Trinajstić information content (AvgIpc) is 2.30. The summed E-state index contributed by atoms with van der Waals surface area (Å²) in [6.07, 6.45) is 4.32. The van der Waals surface area contributed by atoms with Gasteiger partial charge in [0.2, 0.25) is 0 Å². The Morgan fingerprint density at radius 1 is 1.35 bits per heavy atom. The van der Waals surface area contributed by atoms with Crippen molar-refractivity contribution in [3.05, 3.63) is 12.2 Å². The molecule has 4 heteroatoms. The zero-order valence-electron chi connectivity index (χ0n) is 11.9. The number of nitrogens with one attached hydrogen (secondary N) is 1. The molecule has 0 saturated carbocycles. The second-order valence-electron chi connectivity index (χ2n) is 3.04. The number of hydrogen-bond donors (Lipinski definition) is 1. The van der Waals surface area contributed by atoms with E-state index < -0.39 is 0 Å². The molecular formula is C13H27NO3. The van der Waals surface area contributed by atoms with Crippen LogP contribution in [0.1, 0.15) is 40.5 Å². The van der Waals surface area contributed by atoms with Gasteiger partial charge in [-0.2, -0.15) is 0 Å². The summed E-state index contributed by atoms with van der Waals surface area (Å²) in [4.78, 5) is 20.6. The van der Waals surface area contributed by atoms with Gasteiger partial charge in [-0.3, -0.25) is 4.79 Å². The first-order valence-corrected chi connectivity index (χ1v) is 5.92. The van der Waals surface area contributed by atoms with Crippen LogP contribution in [-0.4, -0.2) is 32.5 Å². The standard InChI is InChI=1S/C9H14O3.C2H7N.C2H6/c1-3-4-9(12-7-10)6-5-8(2)11;1-3-2;1-2/h3-4,7,9H,5-6H2,1-2H3;3H,1-2H3;1-2H3/b4-3+;;. The molecule has 4 nitrogen and oxygen atoms in total. The van der Waals surface area contributed by atoms with E-state index in [4.69, 9.17) is 4.74 Å². The van der Waals surface area contributed by atoms with Crippen LogP contribution in [0, 0.1) is 0 Å². The number of Topliss-reactive ketones (excluding diaryl/α,β-unsaturated/α-hetero) is 1. The summed E-state index contributed by atoms with van der Waals surface area (Å²) in [5, 5.41) is 2.75. The molecule has 0 aliphatic rings. The van der Waals surface area contributed by atoms with Crippen LogP contribution in [0.3, 0.4) is 0 Å². The van der Waals surface area contributed by atoms with Crippen molar-refractivity contribution in [2.24, 2.45) is 0 Å². The van der Waals surface area contributed by atoms with Crippen molar-refractivity contribution < 1.29 is 14.3 Å². The number of ether oxygens (including phenoxy) is 1. The SMILES string of the molecule is C/C=C/C(CCC(C)=O)OC=O.CC.CNC. The van der Waals surface area contributed by atoms with Crippen molar-refractivity contribution in [3.8, 4) is 0 Å². The summed E-state index contributed by atoms with van der Waals surface area (Å²) in [7, 11) is 3.75. The molecule has 0 bridgehead atoms. The fourth-order valence-electron chi connectivity index (χ4n) is 0.841. The highest BCUT2D eigenvalue weighted by Gasteiger charge is 2.05. The monoisotopic (exact) mass is 245 g/mol. The molecule has 102 valence electrons. The summed E-state index contributed by atoms with van der Waals surface area (Å²) >= 11 is 0. The van der Waals surface area contributed by atoms with E-state index in [0.29, 0.717) is 19.3 Å². The van der Waals surface area contributed by atoms with Crippen LogP contribution in [-0.2, 0) is 14.3 Å². The van der Waals surface area contributed by atoms with Gasteiger partial charge in [-0.1, -0.05) is 19.9 Å². The van der Waals surface area contributed by atoms with E-state index in [1.807, 2.05) is 34.9 Å². The lowest BCUT2D eigenvalue weighted by Gasteiger charge is -2.08. The lowest BCUT2D eigenvalue weighted by atomic mass is 10.1. The highest BCUT2D eigenvalue weighted by atomic mass is 16.5. The van der Waals surface area contributed by atoms with Crippen LogP contribution >= 0.6 is 0 Å². The molecule has 0 aromatic rings. The smallest absolute Gasteiger partial charge is 0.293 e. The Kier molecular flexibility index (Phi) is 25.2. The average molecular weight is 245 g/mol. The number of carbonyl (C=O) groups is 2. The van der Waals surface area contributed by atoms with Crippen molar-refractivity contribution in [3.63, 3.8) is 0 Å². The summed E-state index contributed by atoms with van der Waals surface area (Å²) < 4.78 is 4.71. The molecule has 1 N–H and O–H groups in total. The molecule has 1 unspecified atom stereocenters. The van der Waals surface area contributed by atoms with Crippen LogP contribution in [0.15, 0.2) is 12.2 Å². The van der Waals surface area contributed by atoms with Crippen LogP contribution in [0.2, 0.25) is 0 Å². The highest BCUT2D eigenvalue weighted by molar-refractivity contribution is 5.75. The van der Waals surface area contributed by atoms with Gasteiger partial charge in [0.25, 0.3) is 6.47 Å². The lowest BCUT2D eigenvalue weighted by molar-refractivity contribution is -0.132. The van der Waals surface area contributed by atoms with Gasteiger partial charge in [0.1, 0.15) is 11.9 Å². The third-order valence-electron chi connectivity index (χ3n) is 1.42. The van der Waals surface area contributed by atoms with Gasteiger partial charge < -0.3 is 14.8 Å². The highest BCUT2D eigenvalue weighted by Crippen LogP contribution is 2.03. The Bertz CT molecular complexity index is 191. The fraction of sp³-hybridized carbons (Fsp3) is 0.692. The van der Waals surface area contributed by atoms with Crippen LogP contribution in [0.5, 0.6) is 0 Å². The first-order valence-electron chi connectivity index (χ1n) is 5.92. The third kappa shape index (κ3) is 25.3. The molecule has 0 radical (unpaired) electrons. The minimum absolute atomic E-state index is 0.110. The van der Waals surface area contributed by atoms with E-state index in [1.165, 1.54) is 6.92 Å². The Hall–Kier alpha value is -1.16. The molecule has 1 atom stereocenters. The van der Waals surface area contributed by atoms with Crippen molar-refractivity contribution in [1.29, 1.82) is 0 Å². The Labute approximate surface area is 105 Å². The van der Waals surface area contributed by atoms with Crippen molar-refractivity contribution in [2.75, 3.05) is 14.1 Å². The summed E-state index contributed by atoms with van der Waals surface area (Å²) in [6.45, 7) is 7.77. The molecule has 17 heavy (non-hydrogen) atoms. The van der Waals surface area contributed by atoms with Crippen molar-refractivity contribution in [2.45, 2.75) is 46.6 Å². The molecule has 0 heterocycles. The fourth-order valence-corrected chi connectivity index (χ4v) is 0.841. The minimum Gasteiger partial charge on any atom is -0.460 e. The molecule has 0 aromatic heterocycles. The first-order chi connectivity index (χ1) is 8.12. The molecule has 0 amide bonds.